The topological polar surface area (TPSA) is 27.1 Å². The number of aromatic nitrogens is 2. The summed E-state index contributed by atoms with van der Waals surface area (Å²) in [6, 6.07) is 0.476. The molecule has 1 aromatic heterocycles. The van der Waals surface area contributed by atoms with E-state index in [9.17, 15) is 0 Å². The lowest BCUT2D eigenvalue weighted by molar-refractivity contribution is 0.184. The molecule has 1 atom stereocenters. The van der Waals surface area contributed by atoms with Crippen molar-refractivity contribution >= 4 is 0 Å². The fraction of sp³-hybridized carbons (Fsp3) is 0.625. The van der Waals surface area contributed by atoms with E-state index in [0.29, 0.717) is 6.04 Å². The van der Waals surface area contributed by atoms with Crippen LogP contribution in [0.4, 0.5) is 0 Å². The summed E-state index contributed by atoms with van der Waals surface area (Å²) in [5, 5.41) is 4.23. The third kappa shape index (κ3) is 1.28. The van der Waals surface area contributed by atoms with Crippen LogP contribution < -0.4 is 0 Å². The molecular formula is C8H12N2O. The second-order valence-electron chi connectivity index (χ2n) is 3.02. The van der Waals surface area contributed by atoms with Crippen LogP contribution in [0.1, 0.15) is 18.0 Å². The predicted octanol–water partition coefficient (Wildman–Crippen LogP) is 1.15. The van der Waals surface area contributed by atoms with E-state index in [0.717, 1.165) is 19.6 Å². The fourth-order valence-corrected chi connectivity index (χ4v) is 1.36. The number of nitrogens with zero attached hydrogens (tertiary/aromatic N) is 2. The molecule has 1 fully saturated rings. The Balaban J connectivity index is 2.15. The van der Waals surface area contributed by atoms with Crippen LogP contribution in [0.15, 0.2) is 12.4 Å². The molecule has 0 bridgehead atoms. The molecule has 0 N–H and O–H groups in total. The minimum atomic E-state index is 0.476. The highest BCUT2D eigenvalue weighted by atomic mass is 16.5. The molecule has 0 aromatic carbocycles. The summed E-state index contributed by atoms with van der Waals surface area (Å²) in [6.07, 6.45) is 5.05. The monoisotopic (exact) mass is 152 g/mol. The molecular weight excluding hydrogens is 140 g/mol. The Morgan fingerprint density at radius 3 is 3.18 bits per heavy atom. The maximum atomic E-state index is 5.26. The summed E-state index contributed by atoms with van der Waals surface area (Å²) in [6.45, 7) is 3.75. The van der Waals surface area contributed by atoms with Gasteiger partial charge in [0, 0.05) is 12.8 Å². The number of hydrogen-bond donors (Lipinski definition) is 0. The van der Waals surface area contributed by atoms with Gasteiger partial charge in [-0.15, -0.1) is 0 Å². The summed E-state index contributed by atoms with van der Waals surface area (Å²) in [4.78, 5) is 0. The van der Waals surface area contributed by atoms with Crippen molar-refractivity contribution < 1.29 is 4.74 Å². The average molecular weight is 152 g/mol. The van der Waals surface area contributed by atoms with Gasteiger partial charge in [-0.05, 0) is 18.9 Å². The molecule has 2 heterocycles. The molecule has 3 heteroatoms. The smallest absolute Gasteiger partial charge is 0.0774 e. The van der Waals surface area contributed by atoms with Crippen molar-refractivity contribution in [2.45, 2.75) is 19.4 Å². The highest BCUT2D eigenvalue weighted by Crippen LogP contribution is 2.17. The van der Waals surface area contributed by atoms with E-state index >= 15 is 0 Å². The van der Waals surface area contributed by atoms with Gasteiger partial charge in [-0.3, -0.25) is 4.68 Å². The lowest BCUT2D eigenvalue weighted by Gasteiger charge is -2.06. The Morgan fingerprint density at radius 2 is 2.64 bits per heavy atom. The Labute approximate surface area is 66.0 Å². The minimum Gasteiger partial charge on any atom is -0.379 e. The molecule has 11 heavy (non-hydrogen) atoms. The molecule has 1 aliphatic rings. The first-order chi connectivity index (χ1) is 5.36. The van der Waals surface area contributed by atoms with Gasteiger partial charge in [0.2, 0.25) is 0 Å². The third-order valence-electron chi connectivity index (χ3n) is 2.01. The van der Waals surface area contributed by atoms with Crippen molar-refractivity contribution in [3.05, 3.63) is 18.0 Å². The molecule has 1 aliphatic heterocycles. The number of hydrogen-bond acceptors (Lipinski definition) is 2. The number of rotatable bonds is 1. The van der Waals surface area contributed by atoms with Crippen LogP contribution in [0.2, 0.25) is 0 Å². The Bertz CT molecular complexity index is 238. The number of aryl methyl sites for hydroxylation is 1. The summed E-state index contributed by atoms with van der Waals surface area (Å²) >= 11 is 0. The van der Waals surface area contributed by atoms with Crippen LogP contribution in [0.5, 0.6) is 0 Å². The second-order valence-corrected chi connectivity index (χ2v) is 3.02. The van der Waals surface area contributed by atoms with Crippen molar-refractivity contribution in [3.8, 4) is 0 Å². The lowest BCUT2D eigenvalue weighted by Crippen LogP contribution is -2.08. The molecule has 1 aromatic rings. The summed E-state index contributed by atoms with van der Waals surface area (Å²) in [7, 11) is 0. The Kier molecular flexibility index (Phi) is 1.66. The average Bonchev–Trinajstić information content (AvgIpc) is 2.55. The zero-order valence-electron chi connectivity index (χ0n) is 6.66. The van der Waals surface area contributed by atoms with Gasteiger partial charge < -0.3 is 4.74 Å². The van der Waals surface area contributed by atoms with E-state index in [1.807, 2.05) is 10.9 Å². The van der Waals surface area contributed by atoms with Gasteiger partial charge in [0.25, 0.3) is 0 Å². The summed E-state index contributed by atoms with van der Waals surface area (Å²) < 4.78 is 7.26. The molecule has 2 rings (SSSR count). The molecule has 0 saturated carbocycles. The maximum Gasteiger partial charge on any atom is 0.0774 e. The van der Waals surface area contributed by atoms with Crippen molar-refractivity contribution in [3.63, 3.8) is 0 Å². The van der Waals surface area contributed by atoms with Gasteiger partial charge in [0.15, 0.2) is 0 Å². The highest BCUT2D eigenvalue weighted by molar-refractivity contribution is 5.00. The third-order valence-corrected chi connectivity index (χ3v) is 2.01. The van der Waals surface area contributed by atoms with Gasteiger partial charge >= 0.3 is 0 Å². The van der Waals surface area contributed by atoms with Gasteiger partial charge in [0.05, 0.1) is 18.8 Å². The van der Waals surface area contributed by atoms with Crippen LogP contribution >= 0.6 is 0 Å². The molecule has 0 aliphatic carbocycles. The van der Waals surface area contributed by atoms with Gasteiger partial charge in [-0.1, -0.05) is 0 Å². The van der Waals surface area contributed by atoms with E-state index in [1.54, 1.807) is 0 Å². The Morgan fingerprint density at radius 1 is 1.73 bits per heavy atom. The van der Waals surface area contributed by atoms with E-state index in [-0.39, 0.29) is 0 Å². The molecule has 0 spiro atoms. The van der Waals surface area contributed by atoms with Crippen molar-refractivity contribution in [1.82, 2.24) is 9.78 Å². The van der Waals surface area contributed by atoms with Crippen LogP contribution in [0, 0.1) is 6.92 Å². The van der Waals surface area contributed by atoms with Crippen molar-refractivity contribution in [2.75, 3.05) is 13.2 Å². The first kappa shape index (κ1) is 6.85. The van der Waals surface area contributed by atoms with E-state index in [2.05, 4.69) is 18.2 Å². The number of ether oxygens (including phenoxy) is 1. The molecule has 0 amide bonds. The van der Waals surface area contributed by atoms with E-state index in [1.165, 1.54) is 5.56 Å². The molecule has 1 saturated heterocycles. The molecule has 1 unspecified atom stereocenters. The Hall–Kier alpha value is -0.830. The maximum absolute atomic E-state index is 5.26. The van der Waals surface area contributed by atoms with Gasteiger partial charge in [-0.2, -0.15) is 5.10 Å². The van der Waals surface area contributed by atoms with Crippen molar-refractivity contribution in [1.29, 1.82) is 0 Å². The first-order valence-electron chi connectivity index (χ1n) is 3.95. The quantitative estimate of drug-likeness (QED) is 0.603. The summed E-state index contributed by atoms with van der Waals surface area (Å²) in [5.41, 5.74) is 1.22. The van der Waals surface area contributed by atoms with Gasteiger partial charge in [-0.25, -0.2) is 0 Å². The normalized spacial score (nSPS) is 24.3. The zero-order valence-corrected chi connectivity index (χ0v) is 6.66. The van der Waals surface area contributed by atoms with Crippen LogP contribution in [0.25, 0.3) is 0 Å². The SMILES string of the molecule is Cc1cnn(C2CCOC2)c1. The minimum absolute atomic E-state index is 0.476. The molecule has 0 radical (unpaired) electrons. The molecule has 3 nitrogen and oxygen atoms in total. The molecule has 60 valence electrons. The fourth-order valence-electron chi connectivity index (χ4n) is 1.36. The van der Waals surface area contributed by atoms with E-state index in [4.69, 9.17) is 4.74 Å². The predicted molar refractivity (Wildman–Crippen MR) is 41.4 cm³/mol. The lowest BCUT2D eigenvalue weighted by atomic mass is 10.3. The van der Waals surface area contributed by atoms with Crippen molar-refractivity contribution in [2.24, 2.45) is 0 Å². The van der Waals surface area contributed by atoms with Crippen LogP contribution in [-0.4, -0.2) is 23.0 Å². The van der Waals surface area contributed by atoms with E-state index < -0.39 is 0 Å². The van der Waals surface area contributed by atoms with Crippen LogP contribution in [-0.2, 0) is 4.74 Å². The van der Waals surface area contributed by atoms with Crippen LogP contribution in [0.3, 0.4) is 0 Å². The summed E-state index contributed by atoms with van der Waals surface area (Å²) in [5.74, 6) is 0. The first-order valence-corrected chi connectivity index (χ1v) is 3.95. The zero-order chi connectivity index (χ0) is 7.68. The second kappa shape index (κ2) is 2.66. The van der Waals surface area contributed by atoms with Gasteiger partial charge in [0.1, 0.15) is 0 Å². The standard InChI is InChI=1S/C8H12N2O/c1-7-4-9-10(5-7)8-2-3-11-6-8/h4-5,8H,2-3,6H2,1H3. The largest absolute Gasteiger partial charge is 0.379 e. The highest BCUT2D eigenvalue weighted by Gasteiger charge is 2.17.